The SMILES string of the molecule is C[C@@H]1CCCN([C@H]2C[C@@H](N3C(=O)C4(CCN(C(=O)OC(C)(C)C)CC4)c4ccc(B5OC(C)(C)C(C)(C)O5)cc43)C2)C1. The van der Waals surface area contributed by atoms with Crippen molar-refractivity contribution in [3.05, 3.63) is 23.8 Å². The van der Waals surface area contributed by atoms with Crippen LogP contribution in [0.4, 0.5) is 10.5 Å². The number of likely N-dealkylation sites (tertiary alicyclic amines) is 2. The molecule has 42 heavy (non-hydrogen) atoms. The first kappa shape index (κ1) is 30.0. The Morgan fingerprint density at radius 2 is 1.64 bits per heavy atom. The van der Waals surface area contributed by atoms with E-state index in [1.807, 2.05) is 20.8 Å². The molecule has 1 saturated carbocycles. The summed E-state index contributed by atoms with van der Waals surface area (Å²) >= 11 is 0. The number of ether oxygens (including phenoxy) is 1. The summed E-state index contributed by atoms with van der Waals surface area (Å²) in [7, 11) is -0.480. The average molecular weight is 580 g/mol. The second-order valence-corrected chi connectivity index (χ2v) is 15.6. The van der Waals surface area contributed by atoms with Crippen molar-refractivity contribution in [3.63, 3.8) is 0 Å². The van der Waals surface area contributed by atoms with Crippen LogP contribution >= 0.6 is 0 Å². The van der Waals surface area contributed by atoms with Gasteiger partial charge in [-0.05, 0) is 117 Å². The summed E-state index contributed by atoms with van der Waals surface area (Å²) in [6, 6.07) is 7.11. The minimum atomic E-state index is -0.618. The molecule has 4 heterocycles. The summed E-state index contributed by atoms with van der Waals surface area (Å²) in [5.41, 5.74) is 1.01. The van der Waals surface area contributed by atoms with Crippen molar-refractivity contribution in [2.24, 2.45) is 5.92 Å². The molecule has 1 spiro atoms. The Hall–Kier alpha value is -2.10. The maximum absolute atomic E-state index is 14.6. The Morgan fingerprint density at radius 1 is 1.00 bits per heavy atom. The second-order valence-electron chi connectivity index (χ2n) is 15.6. The Bertz CT molecular complexity index is 1210. The summed E-state index contributed by atoms with van der Waals surface area (Å²) in [6.07, 6.45) is 5.51. The van der Waals surface area contributed by atoms with Crippen LogP contribution in [0.15, 0.2) is 18.2 Å². The van der Waals surface area contributed by atoms with Gasteiger partial charge in [0.25, 0.3) is 0 Å². The van der Waals surface area contributed by atoms with Gasteiger partial charge in [0.15, 0.2) is 0 Å². The molecule has 9 heteroatoms. The van der Waals surface area contributed by atoms with Crippen LogP contribution in [0, 0.1) is 5.92 Å². The Kier molecular flexibility index (Phi) is 7.30. The first-order valence-electron chi connectivity index (χ1n) is 16.2. The zero-order chi connectivity index (χ0) is 30.2. The number of piperidine rings is 2. The maximum Gasteiger partial charge on any atom is 0.494 e. The van der Waals surface area contributed by atoms with Crippen LogP contribution in [-0.2, 0) is 24.3 Å². The van der Waals surface area contributed by atoms with Gasteiger partial charge in [0.05, 0.1) is 16.6 Å². The lowest BCUT2D eigenvalue weighted by atomic mass is 9.71. The Balaban J connectivity index is 1.27. The number of carbonyl (C=O) groups is 2. The van der Waals surface area contributed by atoms with Crippen molar-refractivity contribution in [3.8, 4) is 0 Å². The third kappa shape index (κ3) is 5.07. The van der Waals surface area contributed by atoms with Crippen molar-refractivity contribution in [2.45, 2.75) is 128 Å². The highest BCUT2D eigenvalue weighted by atomic mass is 16.7. The fourth-order valence-corrected chi connectivity index (χ4v) is 7.60. The molecule has 1 aliphatic carbocycles. The molecule has 0 bridgehead atoms. The topological polar surface area (TPSA) is 71.6 Å². The van der Waals surface area contributed by atoms with Gasteiger partial charge in [0.2, 0.25) is 5.91 Å². The third-order valence-corrected chi connectivity index (χ3v) is 10.9. The predicted molar refractivity (Wildman–Crippen MR) is 165 cm³/mol. The van der Waals surface area contributed by atoms with Crippen molar-refractivity contribution in [1.82, 2.24) is 9.80 Å². The van der Waals surface area contributed by atoms with Crippen LogP contribution in [0.25, 0.3) is 0 Å². The molecule has 1 aromatic carbocycles. The van der Waals surface area contributed by atoms with E-state index in [1.165, 1.54) is 25.9 Å². The number of nitrogens with zero attached hydrogens (tertiary/aromatic N) is 3. The minimum Gasteiger partial charge on any atom is -0.444 e. The largest absolute Gasteiger partial charge is 0.494 e. The van der Waals surface area contributed by atoms with E-state index in [4.69, 9.17) is 14.0 Å². The number of rotatable bonds is 3. The quantitative estimate of drug-likeness (QED) is 0.477. The fraction of sp³-hybridized carbons (Fsp3) is 0.758. The second kappa shape index (κ2) is 10.2. The highest BCUT2D eigenvalue weighted by Gasteiger charge is 2.57. The lowest BCUT2D eigenvalue weighted by Gasteiger charge is -2.49. The molecular formula is C33H50BN3O5. The van der Waals surface area contributed by atoms with E-state index in [0.717, 1.165) is 35.5 Å². The van der Waals surface area contributed by atoms with Crippen molar-refractivity contribution in [2.75, 3.05) is 31.1 Å². The molecule has 1 aromatic rings. The van der Waals surface area contributed by atoms with E-state index >= 15 is 0 Å². The number of hydrogen-bond acceptors (Lipinski definition) is 6. The molecule has 2 amide bonds. The molecule has 0 N–H and O–H groups in total. The molecule has 4 aliphatic heterocycles. The lowest BCUT2D eigenvalue weighted by Crippen LogP contribution is -2.59. The molecule has 8 nitrogen and oxygen atoms in total. The predicted octanol–water partition coefficient (Wildman–Crippen LogP) is 4.86. The van der Waals surface area contributed by atoms with Gasteiger partial charge in [0, 0.05) is 37.4 Å². The Morgan fingerprint density at radius 3 is 2.24 bits per heavy atom. The van der Waals surface area contributed by atoms with Crippen molar-refractivity contribution >= 4 is 30.3 Å². The zero-order valence-corrected chi connectivity index (χ0v) is 27.0. The van der Waals surface area contributed by atoms with E-state index < -0.39 is 29.3 Å². The molecule has 0 radical (unpaired) electrons. The van der Waals surface area contributed by atoms with Crippen molar-refractivity contribution in [1.29, 1.82) is 0 Å². The van der Waals surface area contributed by atoms with Crippen LogP contribution in [0.5, 0.6) is 0 Å². The van der Waals surface area contributed by atoms with Gasteiger partial charge in [-0.15, -0.1) is 0 Å². The van der Waals surface area contributed by atoms with Gasteiger partial charge in [-0.1, -0.05) is 19.1 Å². The fourth-order valence-electron chi connectivity index (χ4n) is 7.60. The molecule has 230 valence electrons. The van der Waals surface area contributed by atoms with Crippen LogP contribution in [0.3, 0.4) is 0 Å². The molecule has 3 saturated heterocycles. The summed E-state index contributed by atoms with van der Waals surface area (Å²) in [5, 5.41) is 0. The summed E-state index contributed by atoms with van der Waals surface area (Å²) in [5.74, 6) is 0.940. The van der Waals surface area contributed by atoms with Crippen molar-refractivity contribution < 1.29 is 23.6 Å². The molecular weight excluding hydrogens is 529 g/mol. The number of fused-ring (bicyclic) bond motifs is 2. The molecule has 0 aromatic heterocycles. The van der Waals surface area contributed by atoms with Gasteiger partial charge in [-0.2, -0.15) is 0 Å². The summed E-state index contributed by atoms with van der Waals surface area (Å²) < 4.78 is 18.5. The molecule has 4 fully saturated rings. The zero-order valence-electron chi connectivity index (χ0n) is 27.0. The number of hydrogen-bond donors (Lipinski definition) is 0. The number of anilines is 1. The average Bonchev–Trinajstić information content (AvgIpc) is 3.23. The van der Waals surface area contributed by atoms with E-state index in [2.05, 4.69) is 62.6 Å². The third-order valence-electron chi connectivity index (χ3n) is 10.9. The van der Waals surface area contributed by atoms with E-state index in [9.17, 15) is 9.59 Å². The highest BCUT2D eigenvalue weighted by Crippen LogP contribution is 2.51. The van der Waals surface area contributed by atoms with E-state index in [1.54, 1.807) is 4.90 Å². The van der Waals surface area contributed by atoms with Crippen LogP contribution < -0.4 is 10.4 Å². The Labute approximate surface area is 252 Å². The van der Waals surface area contributed by atoms with E-state index in [0.29, 0.717) is 32.0 Å². The first-order chi connectivity index (χ1) is 19.6. The van der Waals surface area contributed by atoms with Gasteiger partial charge in [0.1, 0.15) is 5.60 Å². The standard InChI is InChI=1S/C33H50BN3O5/c1-22-10-9-15-36(21-22)24-19-25(20-24)37-27-18-23(34-41-31(5,6)32(7,8)42-34)11-12-26(27)33(28(37)38)13-16-35(17-14-33)29(39)40-30(2,3)4/h11-12,18,22,24-25H,9-10,13-17,19-21H2,1-8H3/t22-,24-,25+/m1/s1. The van der Waals surface area contributed by atoms with Crippen LogP contribution in [-0.4, -0.2) is 84.0 Å². The lowest BCUT2D eigenvalue weighted by molar-refractivity contribution is -0.126. The molecule has 6 rings (SSSR count). The molecule has 1 atom stereocenters. The summed E-state index contributed by atoms with van der Waals surface area (Å²) in [6.45, 7) is 19.6. The van der Waals surface area contributed by atoms with Gasteiger partial charge < -0.3 is 23.8 Å². The number of benzene rings is 1. The molecule has 0 unspecified atom stereocenters. The van der Waals surface area contributed by atoms with E-state index in [-0.39, 0.29) is 18.0 Å². The normalized spacial score (nSPS) is 30.4. The highest BCUT2D eigenvalue weighted by molar-refractivity contribution is 6.62. The van der Waals surface area contributed by atoms with Crippen LogP contribution in [0.2, 0.25) is 0 Å². The van der Waals surface area contributed by atoms with Gasteiger partial charge >= 0.3 is 13.2 Å². The van der Waals surface area contributed by atoms with Crippen LogP contribution in [0.1, 0.15) is 99.5 Å². The number of carbonyl (C=O) groups excluding carboxylic acids is 2. The first-order valence-corrected chi connectivity index (χ1v) is 16.2. The summed E-state index contributed by atoms with van der Waals surface area (Å²) in [4.78, 5) is 34.0. The molecule has 5 aliphatic rings. The monoisotopic (exact) mass is 579 g/mol. The van der Waals surface area contributed by atoms with Gasteiger partial charge in [-0.25, -0.2) is 4.79 Å². The van der Waals surface area contributed by atoms with Gasteiger partial charge in [-0.3, -0.25) is 9.69 Å². The maximum atomic E-state index is 14.6. The number of amides is 2. The smallest absolute Gasteiger partial charge is 0.444 e. The minimum absolute atomic E-state index is 0.190.